The Labute approximate surface area is 167 Å². The van der Waals surface area contributed by atoms with Gasteiger partial charge in [-0.25, -0.2) is 8.42 Å². The summed E-state index contributed by atoms with van der Waals surface area (Å²) in [5.41, 5.74) is 1.49. The lowest BCUT2D eigenvalue weighted by Crippen LogP contribution is -2.39. The minimum Gasteiger partial charge on any atom is -0.355 e. The molecule has 148 valence electrons. The number of sulfonamides is 1. The summed E-state index contributed by atoms with van der Waals surface area (Å²) in [6.45, 7) is 2.21. The molecule has 0 atom stereocenters. The molecule has 0 spiro atoms. The van der Waals surface area contributed by atoms with E-state index in [0.717, 1.165) is 4.31 Å². The third-order valence-corrected chi connectivity index (χ3v) is 7.29. The van der Waals surface area contributed by atoms with E-state index in [1.54, 1.807) is 23.5 Å². The highest BCUT2D eigenvalue weighted by molar-refractivity contribution is 7.89. The summed E-state index contributed by atoms with van der Waals surface area (Å²) in [5.74, 6) is -0.356. The average Bonchev–Trinajstić information content (AvgIpc) is 3.06. The fraction of sp³-hybridized carbons (Fsp3) is 0.263. The van der Waals surface area contributed by atoms with Gasteiger partial charge < -0.3 is 10.3 Å². The van der Waals surface area contributed by atoms with Crippen LogP contribution in [0.5, 0.6) is 0 Å². The summed E-state index contributed by atoms with van der Waals surface area (Å²) in [7, 11) is -2.46. The molecule has 0 aliphatic heterocycles. The Bertz CT molecular complexity index is 1170. The molecule has 3 rings (SSSR count). The van der Waals surface area contributed by atoms with E-state index in [-0.39, 0.29) is 22.9 Å². The second-order valence-corrected chi connectivity index (χ2v) is 9.51. The van der Waals surface area contributed by atoms with Crippen molar-refractivity contribution in [1.82, 2.24) is 14.6 Å². The first-order valence-corrected chi connectivity index (χ1v) is 11.0. The highest BCUT2D eigenvalue weighted by atomic mass is 32.2. The van der Waals surface area contributed by atoms with E-state index in [0.29, 0.717) is 23.9 Å². The van der Waals surface area contributed by atoms with Gasteiger partial charge in [-0.3, -0.25) is 9.59 Å². The molecule has 28 heavy (non-hydrogen) atoms. The van der Waals surface area contributed by atoms with Crippen molar-refractivity contribution in [3.8, 4) is 0 Å². The van der Waals surface area contributed by atoms with Gasteiger partial charge in [0.15, 0.2) is 0 Å². The number of H-pyrrole nitrogens is 1. The fourth-order valence-corrected chi connectivity index (χ4v) is 4.86. The van der Waals surface area contributed by atoms with Crippen LogP contribution in [0.3, 0.4) is 0 Å². The van der Waals surface area contributed by atoms with Gasteiger partial charge in [-0.05, 0) is 60.0 Å². The van der Waals surface area contributed by atoms with Crippen LogP contribution in [0.4, 0.5) is 0 Å². The third-order valence-electron chi connectivity index (χ3n) is 4.41. The quantitative estimate of drug-likeness (QED) is 0.611. The maximum Gasteiger partial charge on any atom is 0.248 e. The number of likely N-dealkylation sites (N-methyl/N-ethyl adjacent to an activating group) is 1. The molecule has 3 aromatic rings. The number of fused-ring (bicyclic) bond motifs is 1. The zero-order chi connectivity index (χ0) is 20.3. The topological polar surface area (TPSA) is 99.3 Å². The zero-order valence-electron chi connectivity index (χ0n) is 15.6. The lowest BCUT2D eigenvalue weighted by atomic mass is 10.2. The van der Waals surface area contributed by atoms with Gasteiger partial charge in [0, 0.05) is 30.1 Å². The van der Waals surface area contributed by atoms with Crippen LogP contribution in [-0.4, -0.2) is 43.8 Å². The van der Waals surface area contributed by atoms with Crippen molar-refractivity contribution in [3.05, 3.63) is 62.6 Å². The average molecular weight is 420 g/mol. The predicted octanol–water partition coefficient (Wildman–Crippen LogP) is 1.88. The van der Waals surface area contributed by atoms with Gasteiger partial charge in [-0.2, -0.15) is 4.31 Å². The Hall–Kier alpha value is -2.49. The number of thiophene rings is 1. The SMILES string of the molecule is Cc1ccsc1CCNC(=O)CN(C)S(=O)(=O)c1ccc2[nH]c(=O)ccc2c1. The van der Waals surface area contributed by atoms with Gasteiger partial charge in [-0.1, -0.05) is 0 Å². The van der Waals surface area contributed by atoms with Gasteiger partial charge in [-0.15, -0.1) is 11.3 Å². The van der Waals surface area contributed by atoms with Crippen LogP contribution in [-0.2, 0) is 21.2 Å². The molecule has 0 aliphatic rings. The first kappa shape index (κ1) is 20.2. The monoisotopic (exact) mass is 419 g/mol. The van der Waals surface area contributed by atoms with Crippen molar-refractivity contribution in [2.24, 2.45) is 0 Å². The Balaban J connectivity index is 1.64. The first-order valence-electron chi connectivity index (χ1n) is 8.66. The molecule has 0 saturated carbocycles. The Kier molecular flexibility index (Phi) is 5.97. The number of aryl methyl sites for hydroxylation is 1. The number of nitrogens with one attached hydrogen (secondary N) is 2. The van der Waals surface area contributed by atoms with E-state index in [9.17, 15) is 18.0 Å². The van der Waals surface area contributed by atoms with Crippen LogP contribution in [0.25, 0.3) is 10.9 Å². The number of carbonyl (C=O) groups is 1. The number of aromatic nitrogens is 1. The van der Waals surface area contributed by atoms with Gasteiger partial charge in [0.1, 0.15) is 0 Å². The van der Waals surface area contributed by atoms with Crippen molar-refractivity contribution in [2.45, 2.75) is 18.2 Å². The highest BCUT2D eigenvalue weighted by Gasteiger charge is 2.23. The molecular weight excluding hydrogens is 398 g/mol. The van der Waals surface area contributed by atoms with Crippen molar-refractivity contribution in [1.29, 1.82) is 0 Å². The van der Waals surface area contributed by atoms with Crippen molar-refractivity contribution >= 4 is 38.2 Å². The molecule has 2 aromatic heterocycles. The first-order chi connectivity index (χ1) is 13.3. The third kappa shape index (κ3) is 4.49. The minimum atomic E-state index is -3.83. The van der Waals surface area contributed by atoms with E-state index in [2.05, 4.69) is 10.3 Å². The maximum atomic E-state index is 12.8. The number of benzene rings is 1. The summed E-state index contributed by atoms with van der Waals surface area (Å²) in [4.78, 5) is 27.4. The molecule has 2 heterocycles. The standard InChI is InChI=1S/C19H21N3O4S2/c1-13-8-10-27-17(13)7-9-20-19(24)12-22(2)28(25,26)15-4-5-16-14(11-15)3-6-18(23)21-16/h3-6,8,10-11H,7,9,12H2,1-2H3,(H,20,24)(H,21,23). The highest BCUT2D eigenvalue weighted by Crippen LogP contribution is 2.19. The number of nitrogens with zero attached hydrogens (tertiary/aromatic N) is 1. The summed E-state index contributed by atoms with van der Waals surface area (Å²) >= 11 is 1.64. The fourth-order valence-electron chi connectivity index (χ4n) is 2.79. The molecule has 0 bridgehead atoms. The van der Waals surface area contributed by atoms with E-state index in [1.165, 1.54) is 35.7 Å². The Morgan fingerprint density at radius 2 is 2.00 bits per heavy atom. The molecule has 0 unspecified atom stereocenters. The molecule has 0 fully saturated rings. The molecule has 0 aliphatic carbocycles. The number of hydrogen-bond donors (Lipinski definition) is 2. The second-order valence-electron chi connectivity index (χ2n) is 6.46. The normalized spacial score (nSPS) is 11.8. The van der Waals surface area contributed by atoms with Crippen LogP contribution < -0.4 is 10.9 Å². The van der Waals surface area contributed by atoms with Crippen molar-refractivity contribution < 1.29 is 13.2 Å². The molecule has 9 heteroatoms. The van der Waals surface area contributed by atoms with Gasteiger partial charge in [0.05, 0.1) is 11.4 Å². The zero-order valence-corrected chi connectivity index (χ0v) is 17.2. The van der Waals surface area contributed by atoms with E-state index < -0.39 is 10.0 Å². The summed E-state index contributed by atoms with van der Waals surface area (Å²) < 4.78 is 26.5. The summed E-state index contributed by atoms with van der Waals surface area (Å²) in [6.07, 6.45) is 0.717. The predicted molar refractivity (Wildman–Crippen MR) is 110 cm³/mol. The van der Waals surface area contributed by atoms with Crippen molar-refractivity contribution in [2.75, 3.05) is 20.1 Å². The molecule has 2 N–H and O–H groups in total. The molecule has 0 radical (unpaired) electrons. The number of carbonyl (C=O) groups excluding carboxylic acids is 1. The van der Waals surface area contributed by atoms with E-state index in [1.807, 2.05) is 18.4 Å². The van der Waals surface area contributed by atoms with E-state index >= 15 is 0 Å². The van der Waals surface area contributed by atoms with Crippen LogP contribution in [0.2, 0.25) is 0 Å². The number of hydrogen-bond acceptors (Lipinski definition) is 5. The van der Waals surface area contributed by atoms with Gasteiger partial charge in [0.25, 0.3) is 0 Å². The Morgan fingerprint density at radius 3 is 2.71 bits per heavy atom. The molecule has 1 aromatic carbocycles. The summed E-state index contributed by atoms with van der Waals surface area (Å²) in [5, 5.41) is 5.37. The van der Waals surface area contributed by atoms with Crippen molar-refractivity contribution in [3.63, 3.8) is 0 Å². The molecular formula is C19H21N3O4S2. The number of aromatic amines is 1. The molecule has 1 amide bonds. The van der Waals surface area contributed by atoms with Crippen LogP contribution in [0, 0.1) is 6.92 Å². The summed E-state index contributed by atoms with van der Waals surface area (Å²) in [6, 6.07) is 9.37. The van der Waals surface area contributed by atoms with Gasteiger partial charge >= 0.3 is 0 Å². The number of rotatable bonds is 7. The van der Waals surface area contributed by atoms with Gasteiger partial charge in [0.2, 0.25) is 21.5 Å². The lowest BCUT2D eigenvalue weighted by molar-refractivity contribution is -0.121. The smallest absolute Gasteiger partial charge is 0.248 e. The number of amides is 1. The lowest BCUT2D eigenvalue weighted by Gasteiger charge is -2.17. The number of pyridine rings is 1. The maximum absolute atomic E-state index is 12.8. The Morgan fingerprint density at radius 1 is 1.21 bits per heavy atom. The molecule has 7 nitrogen and oxygen atoms in total. The van der Waals surface area contributed by atoms with Crippen LogP contribution >= 0.6 is 11.3 Å². The second kappa shape index (κ2) is 8.26. The largest absolute Gasteiger partial charge is 0.355 e. The van der Waals surface area contributed by atoms with E-state index in [4.69, 9.17) is 0 Å². The van der Waals surface area contributed by atoms with Crippen LogP contribution in [0.15, 0.2) is 51.5 Å². The minimum absolute atomic E-state index is 0.0663. The molecule has 0 saturated heterocycles. The van der Waals surface area contributed by atoms with Crippen LogP contribution in [0.1, 0.15) is 10.4 Å².